The Hall–Kier alpha value is -0.0800. The maximum atomic E-state index is 10.6. The van der Waals surface area contributed by atoms with E-state index >= 15 is 0 Å². The van der Waals surface area contributed by atoms with Crippen molar-refractivity contribution in [2.24, 2.45) is 35.0 Å². The number of fused-ring (bicyclic) bond motifs is 2. The van der Waals surface area contributed by atoms with Crippen molar-refractivity contribution >= 4 is 0 Å². The Morgan fingerprint density at radius 2 is 2.00 bits per heavy atom. The fraction of sp³-hybridized carbons (Fsp3) is 1.00. The molecule has 126 valence electrons. The van der Waals surface area contributed by atoms with Crippen molar-refractivity contribution in [3.8, 4) is 0 Å². The van der Waals surface area contributed by atoms with Gasteiger partial charge >= 0.3 is 0 Å². The van der Waals surface area contributed by atoms with Crippen LogP contribution in [0.15, 0.2) is 0 Å². The molecule has 4 rings (SSSR count). The maximum absolute atomic E-state index is 10.6. The van der Waals surface area contributed by atoms with Crippen LogP contribution < -0.4 is 0 Å². The van der Waals surface area contributed by atoms with Gasteiger partial charge in [-0.05, 0) is 42.9 Å². The van der Waals surface area contributed by atoms with E-state index in [-0.39, 0.29) is 11.7 Å². The Kier molecular flexibility index (Phi) is 3.48. The van der Waals surface area contributed by atoms with Gasteiger partial charge in [0.2, 0.25) is 0 Å². The van der Waals surface area contributed by atoms with Crippen LogP contribution in [0, 0.1) is 35.0 Å². The summed E-state index contributed by atoms with van der Waals surface area (Å²) < 4.78 is 6.66. The lowest BCUT2D eigenvalue weighted by molar-refractivity contribution is -0.0274. The summed E-state index contributed by atoms with van der Waals surface area (Å²) in [6, 6.07) is 0. The van der Waals surface area contributed by atoms with Gasteiger partial charge in [-0.2, -0.15) is 0 Å². The highest BCUT2D eigenvalue weighted by atomic mass is 16.5. The summed E-state index contributed by atoms with van der Waals surface area (Å²) in [5, 5.41) is 10.6. The van der Waals surface area contributed by atoms with Crippen LogP contribution in [0.4, 0.5) is 0 Å². The van der Waals surface area contributed by atoms with Crippen LogP contribution in [-0.4, -0.2) is 22.9 Å². The quantitative estimate of drug-likeness (QED) is 0.815. The summed E-state index contributed by atoms with van der Waals surface area (Å²) in [4.78, 5) is 0. The van der Waals surface area contributed by atoms with Crippen LogP contribution >= 0.6 is 0 Å². The van der Waals surface area contributed by atoms with Gasteiger partial charge < -0.3 is 9.84 Å². The fourth-order valence-electron chi connectivity index (χ4n) is 7.20. The molecule has 0 aromatic heterocycles. The van der Waals surface area contributed by atoms with E-state index in [2.05, 4.69) is 27.7 Å². The molecule has 2 spiro atoms. The molecule has 8 atom stereocenters. The first kappa shape index (κ1) is 15.4. The lowest BCUT2D eigenvalue weighted by Gasteiger charge is -2.40. The minimum atomic E-state index is -0.0947. The van der Waals surface area contributed by atoms with Crippen LogP contribution in [0.1, 0.15) is 72.6 Å². The van der Waals surface area contributed by atoms with E-state index in [4.69, 9.17) is 4.74 Å². The van der Waals surface area contributed by atoms with E-state index in [0.717, 1.165) is 24.2 Å². The van der Waals surface area contributed by atoms with Gasteiger partial charge in [-0.3, -0.25) is 0 Å². The third-order valence-corrected chi connectivity index (χ3v) is 8.07. The Morgan fingerprint density at radius 3 is 2.73 bits per heavy atom. The lowest BCUT2D eigenvalue weighted by atomic mass is 9.63. The number of hydrogen-bond donors (Lipinski definition) is 1. The third-order valence-electron chi connectivity index (χ3n) is 8.07. The Balaban J connectivity index is 1.50. The molecule has 4 aliphatic rings. The Bertz CT molecular complexity index is 447. The van der Waals surface area contributed by atoms with Crippen molar-refractivity contribution in [2.45, 2.75) is 90.4 Å². The average molecular weight is 306 g/mol. The van der Waals surface area contributed by atoms with Gasteiger partial charge in [0.05, 0.1) is 17.8 Å². The zero-order valence-electron chi connectivity index (χ0n) is 14.8. The van der Waals surface area contributed by atoms with Crippen LogP contribution in [-0.2, 0) is 4.74 Å². The van der Waals surface area contributed by atoms with E-state index in [1.54, 1.807) is 0 Å². The minimum absolute atomic E-state index is 0.0947. The number of hydrogen-bond acceptors (Lipinski definition) is 2. The molecule has 2 nitrogen and oxygen atoms in total. The van der Waals surface area contributed by atoms with E-state index in [9.17, 15) is 5.11 Å². The smallest absolute Gasteiger partial charge is 0.0813 e. The highest BCUT2D eigenvalue weighted by molar-refractivity contribution is 5.36. The van der Waals surface area contributed by atoms with Gasteiger partial charge in [-0.25, -0.2) is 0 Å². The standard InChI is InChI=1S/C20H34O2/c1-12(2)7-5-8-13(3)15-11-17-18-16(21)9-6-10-19(18)14(4)20(15,19)22-17/h12-18,21H,5-11H2,1-4H3/t13-,14-,15-,16-,17?,18-,19-,20?/m1/s1. The summed E-state index contributed by atoms with van der Waals surface area (Å²) >= 11 is 0. The van der Waals surface area contributed by atoms with E-state index in [0.29, 0.717) is 23.4 Å². The van der Waals surface area contributed by atoms with Crippen LogP contribution in [0.25, 0.3) is 0 Å². The first-order chi connectivity index (χ1) is 10.4. The zero-order chi connectivity index (χ0) is 15.7. The lowest BCUT2D eigenvalue weighted by Crippen LogP contribution is -2.44. The summed E-state index contributed by atoms with van der Waals surface area (Å²) in [5.41, 5.74) is 0.505. The third kappa shape index (κ3) is 1.69. The van der Waals surface area contributed by atoms with Crippen molar-refractivity contribution in [1.29, 1.82) is 0 Å². The molecule has 2 unspecified atom stereocenters. The molecule has 2 heteroatoms. The minimum Gasteiger partial charge on any atom is -0.393 e. The molecule has 0 aromatic rings. The van der Waals surface area contributed by atoms with Crippen molar-refractivity contribution in [3.63, 3.8) is 0 Å². The van der Waals surface area contributed by atoms with Crippen molar-refractivity contribution in [2.75, 3.05) is 0 Å². The number of ether oxygens (including phenoxy) is 1. The molecule has 22 heavy (non-hydrogen) atoms. The Morgan fingerprint density at radius 1 is 1.23 bits per heavy atom. The second kappa shape index (κ2) is 4.96. The molecular formula is C20H34O2. The second-order valence-corrected chi connectivity index (χ2v) is 9.34. The molecule has 2 aliphatic carbocycles. The summed E-state index contributed by atoms with van der Waals surface area (Å²) in [6.45, 7) is 9.54. The molecule has 2 bridgehead atoms. The van der Waals surface area contributed by atoms with E-state index < -0.39 is 0 Å². The van der Waals surface area contributed by atoms with Gasteiger partial charge in [-0.1, -0.05) is 53.4 Å². The summed E-state index contributed by atoms with van der Waals surface area (Å²) in [6.07, 6.45) is 9.08. The maximum Gasteiger partial charge on any atom is 0.0813 e. The highest BCUT2D eigenvalue weighted by Gasteiger charge is 2.89. The Labute approximate surface area is 136 Å². The molecular weight excluding hydrogens is 272 g/mol. The largest absolute Gasteiger partial charge is 0.393 e. The predicted molar refractivity (Wildman–Crippen MR) is 88.5 cm³/mol. The van der Waals surface area contributed by atoms with Gasteiger partial charge in [-0.15, -0.1) is 0 Å². The molecule has 2 heterocycles. The van der Waals surface area contributed by atoms with Gasteiger partial charge in [0.25, 0.3) is 0 Å². The normalized spacial score (nSPS) is 53.5. The summed E-state index contributed by atoms with van der Waals surface area (Å²) in [7, 11) is 0. The molecule has 0 amide bonds. The van der Waals surface area contributed by atoms with Crippen LogP contribution in [0.2, 0.25) is 0 Å². The van der Waals surface area contributed by atoms with Crippen LogP contribution in [0.3, 0.4) is 0 Å². The molecule has 4 fully saturated rings. The summed E-state index contributed by atoms with van der Waals surface area (Å²) in [5.74, 6) is 3.49. The van der Waals surface area contributed by atoms with Crippen molar-refractivity contribution < 1.29 is 9.84 Å². The monoisotopic (exact) mass is 306 g/mol. The molecule has 2 saturated heterocycles. The van der Waals surface area contributed by atoms with Gasteiger partial charge in [0.1, 0.15) is 0 Å². The van der Waals surface area contributed by atoms with Crippen molar-refractivity contribution in [3.05, 3.63) is 0 Å². The SMILES string of the molecule is CC(C)CCC[C@@H](C)[C@H]1CC2OC13[C@H](C)[C@@]31CCC[C@@H](O)[C@H]21. The first-order valence-electron chi connectivity index (χ1n) is 9.81. The van der Waals surface area contributed by atoms with E-state index in [1.165, 1.54) is 38.5 Å². The zero-order valence-corrected chi connectivity index (χ0v) is 14.8. The van der Waals surface area contributed by atoms with Crippen LogP contribution in [0.5, 0.6) is 0 Å². The topological polar surface area (TPSA) is 29.5 Å². The molecule has 0 aromatic carbocycles. The molecule has 2 saturated carbocycles. The van der Waals surface area contributed by atoms with Crippen molar-refractivity contribution in [1.82, 2.24) is 0 Å². The number of rotatable bonds is 5. The van der Waals surface area contributed by atoms with E-state index in [1.807, 2.05) is 0 Å². The second-order valence-electron chi connectivity index (χ2n) is 9.34. The van der Waals surface area contributed by atoms with Gasteiger partial charge in [0, 0.05) is 11.3 Å². The average Bonchev–Trinajstić information content (AvgIpc) is 2.82. The molecule has 0 radical (unpaired) electrons. The predicted octanol–water partition coefficient (Wildman–Crippen LogP) is 4.40. The molecule has 1 N–H and O–H groups in total. The highest BCUT2D eigenvalue weighted by Crippen LogP contribution is 2.84. The number of aliphatic hydroxyl groups excluding tert-OH is 1. The molecule has 2 aliphatic heterocycles. The first-order valence-corrected chi connectivity index (χ1v) is 9.81. The van der Waals surface area contributed by atoms with Gasteiger partial charge in [0.15, 0.2) is 0 Å². The fourth-order valence-corrected chi connectivity index (χ4v) is 7.20. The number of aliphatic hydroxyl groups is 1.